The molecule has 0 aliphatic carbocycles. The highest BCUT2D eigenvalue weighted by molar-refractivity contribution is 8.00. The molecule has 2 unspecified atom stereocenters. The minimum Gasteiger partial charge on any atom is -0.327 e. The summed E-state index contributed by atoms with van der Waals surface area (Å²) in [7, 11) is 0. The summed E-state index contributed by atoms with van der Waals surface area (Å²) in [5.74, 6) is 1.29. The van der Waals surface area contributed by atoms with Gasteiger partial charge in [0.1, 0.15) is 0 Å². The summed E-state index contributed by atoms with van der Waals surface area (Å²) in [5, 5.41) is 0.738. The number of rotatable bonds is 0. The van der Waals surface area contributed by atoms with Crippen molar-refractivity contribution in [2.24, 2.45) is 5.73 Å². The summed E-state index contributed by atoms with van der Waals surface area (Å²) in [5.41, 5.74) is 5.94. The van der Waals surface area contributed by atoms with Crippen molar-refractivity contribution in [1.82, 2.24) is 4.90 Å². The molecule has 2 saturated heterocycles. The van der Waals surface area contributed by atoms with Crippen molar-refractivity contribution in [3.8, 4) is 0 Å². The maximum Gasteiger partial charge on any atom is 0.0327 e. The van der Waals surface area contributed by atoms with Crippen LogP contribution in [0.25, 0.3) is 0 Å². The van der Waals surface area contributed by atoms with E-state index in [1.165, 1.54) is 31.8 Å². The lowest BCUT2D eigenvalue weighted by Crippen LogP contribution is -2.52. The van der Waals surface area contributed by atoms with Gasteiger partial charge in [0.15, 0.2) is 0 Å². The van der Waals surface area contributed by atoms with Crippen LogP contribution < -0.4 is 5.73 Å². The summed E-state index contributed by atoms with van der Waals surface area (Å²) in [6.07, 6.45) is 1.21. The SMILES string of the molecule is N[C@H]1CCN2CCSC1C2. The number of hydrogen-bond donors (Lipinski definition) is 1. The van der Waals surface area contributed by atoms with Gasteiger partial charge in [-0.15, -0.1) is 0 Å². The zero-order valence-corrected chi connectivity index (χ0v) is 6.94. The highest BCUT2D eigenvalue weighted by Gasteiger charge is 2.29. The third kappa shape index (κ3) is 1.18. The fourth-order valence-corrected chi connectivity index (χ4v) is 3.08. The standard InChI is InChI=1S/C7H14N2S/c8-6-1-2-9-3-4-10-7(6)5-9/h6-7H,1-5,8H2/t6-,7?/m0/s1. The van der Waals surface area contributed by atoms with E-state index in [1.807, 2.05) is 0 Å². The Kier molecular flexibility index (Phi) is 1.89. The first-order chi connectivity index (χ1) is 4.86. The Labute approximate surface area is 66.1 Å². The molecule has 2 bridgehead atoms. The molecular weight excluding hydrogens is 144 g/mol. The molecule has 2 heterocycles. The van der Waals surface area contributed by atoms with E-state index in [1.54, 1.807) is 0 Å². The zero-order valence-electron chi connectivity index (χ0n) is 6.12. The van der Waals surface area contributed by atoms with Crippen molar-refractivity contribution in [2.45, 2.75) is 17.7 Å². The Balaban J connectivity index is 2.00. The minimum atomic E-state index is 0.474. The van der Waals surface area contributed by atoms with Crippen molar-refractivity contribution in [3.05, 3.63) is 0 Å². The Morgan fingerprint density at radius 1 is 1.40 bits per heavy atom. The molecule has 2 fully saturated rings. The number of nitrogens with zero attached hydrogens (tertiary/aromatic N) is 1. The average Bonchev–Trinajstić information content (AvgIpc) is 1.99. The number of nitrogens with two attached hydrogens (primary N) is 1. The van der Waals surface area contributed by atoms with E-state index in [9.17, 15) is 0 Å². The molecular formula is C7H14N2S. The van der Waals surface area contributed by atoms with Crippen molar-refractivity contribution in [2.75, 3.05) is 25.4 Å². The van der Waals surface area contributed by atoms with E-state index in [0.29, 0.717) is 6.04 Å². The molecule has 0 amide bonds. The van der Waals surface area contributed by atoms with Gasteiger partial charge in [-0.25, -0.2) is 0 Å². The van der Waals surface area contributed by atoms with Crippen molar-refractivity contribution in [1.29, 1.82) is 0 Å². The average molecular weight is 158 g/mol. The van der Waals surface area contributed by atoms with Crippen LogP contribution in [0.15, 0.2) is 0 Å². The van der Waals surface area contributed by atoms with Crippen molar-refractivity contribution >= 4 is 11.8 Å². The summed E-state index contributed by atoms with van der Waals surface area (Å²) < 4.78 is 0. The highest BCUT2D eigenvalue weighted by Crippen LogP contribution is 2.25. The van der Waals surface area contributed by atoms with E-state index >= 15 is 0 Å². The first kappa shape index (κ1) is 6.95. The molecule has 2 N–H and O–H groups in total. The third-order valence-electron chi connectivity index (χ3n) is 2.43. The summed E-state index contributed by atoms with van der Waals surface area (Å²) >= 11 is 2.06. The number of thioether (sulfide) groups is 1. The van der Waals surface area contributed by atoms with Crippen LogP contribution >= 0.6 is 11.8 Å². The predicted octanol–water partition coefficient (Wildman–Crippen LogP) is 0.135. The van der Waals surface area contributed by atoms with Crippen LogP contribution in [-0.4, -0.2) is 41.6 Å². The lowest BCUT2D eigenvalue weighted by Gasteiger charge is -2.40. The van der Waals surface area contributed by atoms with E-state index < -0.39 is 0 Å². The summed E-state index contributed by atoms with van der Waals surface area (Å²) in [6, 6.07) is 0.474. The van der Waals surface area contributed by atoms with Gasteiger partial charge in [-0.05, 0) is 13.0 Å². The first-order valence-electron chi connectivity index (χ1n) is 3.96. The van der Waals surface area contributed by atoms with Crippen molar-refractivity contribution in [3.63, 3.8) is 0 Å². The predicted molar refractivity (Wildman–Crippen MR) is 45.3 cm³/mol. The molecule has 2 aliphatic rings. The second kappa shape index (κ2) is 2.72. The second-order valence-electron chi connectivity index (χ2n) is 3.16. The van der Waals surface area contributed by atoms with E-state index in [2.05, 4.69) is 16.7 Å². The highest BCUT2D eigenvalue weighted by atomic mass is 32.2. The Hall–Kier alpha value is 0.270. The zero-order chi connectivity index (χ0) is 6.97. The third-order valence-corrected chi connectivity index (χ3v) is 3.78. The van der Waals surface area contributed by atoms with E-state index in [0.717, 1.165) is 5.25 Å². The van der Waals surface area contributed by atoms with Gasteiger partial charge in [0.05, 0.1) is 0 Å². The molecule has 3 heteroatoms. The molecule has 2 rings (SSSR count). The van der Waals surface area contributed by atoms with E-state index in [4.69, 9.17) is 5.73 Å². The van der Waals surface area contributed by atoms with Crippen LogP contribution in [0.3, 0.4) is 0 Å². The first-order valence-corrected chi connectivity index (χ1v) is 5.00. The molecule has 2 aliphatic heterocycles. The van der Waals surface area contributed by atoms with Gasteiger partial charge in [0.2, 0.25) is 0 Å². The molecule has 0 saturated carbocycles. The fourth-order valence-electron chi connectivity index (χ4n) is 1.71. The summed E-state index contributed by atoms with van der Waals surface area (Å²) in [6.45, 7) is 3.76. The largest absolute Gasteiger partial charge is 0.327 e. The van der Waals surface area contributed by atoms with Gasteiger partial charge >= 0.3 is 0 Å². The van der Waals surface area contributed by atoms with Crippen LogP contribution in [0.5, 0.6) is 0 Å². The molecule has 58 valence electrons. The van der Waals surface area contributed by atoms with Crippen LogP contribution in [0.2, 0.25) is 0 Å². The van der Waals surface area contributed by atoms with Gasteiger partial charge in [-0.2, -0.15) is 11.8 Å². The number of fused-ring (bicyclic) bond motifs is 2. The van der Waals surface area contributed by atoms with Crippen LogP contribution in [-0.2, 0) is 0 Å². The molecule has 3 atom stereocenters. The topological polar surface area (TPSA) is 29.3 Å². The molecule has 0 radical (unpaired) electrons. The number of piperidine rings is 1. The Morgan fingerprint density at radius 3 is 3.10 bits per heavy atom. The maximum atomic E-state index is 5.94. The molecule has 0 spiro atoms. The second-order valence-corrected chi connectivity index (χ2v) is 4.51. The van der Waals surface area contributed by atoms with Crippen LogP contribution in [0.4, 0.5) is 0 Å². The smallest absolute Gasteiger partial charge is 0.0327 e. The Bertz CT molecular complexity index is 127. The monoisotopic (exact) mass is 158 g/mol. The minimum absolute atomic E-state index is 0.474. The van der Waals surface area contributed by atoms with Crippen LogP contribution in [0, 0.1) is 0 Å². The van der Waals surface area contributed by atoms with Crippen molar-refractivity contribution < 1.29 is 0 Å². The quantitative estimate of drug-likeness (QED) is 0.543. The normalized spacial score (nSPS) is 47.1. The lowest BCUT2D eigenvalue weighted by atomic mass is 10.1. The molecule has 2 nitrogen and oxygen atoms in total. The van der Waals surface area contributed by atoms with Gasteiger partial charge in [-0.1, -0.05) is 0 Å². The number of hydrogen-bond acceptors (Lipinski definition) is 3. The fraction of sp³-hybridized carbons (Fsp3) is 1.00. The van der Waals surface area contributed by atoms with Gasteiger partial charge in [0, 0.05) is 30.1 Å². The molecule has 0 aromatic heterocycles. The van der Waals surface area contributed by atoms with E-state index in [-0.39, 0.29) is 0 Å². The van der Waals surface area contributed by atoms with Crippen LogP contribution in [0.1, 0.15) is 6.42 Å². The molecule has 0 aromatic carbocycles. The van der Waals surface area contributed by atoms with Gasteiger partial charge in [-0.3, -0.25) is 0 Å². The Morgan fingerprint density at radius 2 is 2.30 bits per heavy atom. The summed E-state index contributed by atoms with van der Waals surface area (Å²) in [4.78, 5) is 2.53. The molecule has 0 aromatic rings. The maximum absolute atomic E-state index is 5.94. The van der Waals surface area contributed by atoms with Gasteiger partial charge in [0.25, 0.3) is 0 Å². The lowest BCUT2D eigenvalue weighted by molar-refractivity contribution is 0.222. The molecule has 10 heavy (non-hydrogen) atoms. The van der Waals surface area contributed by atoms with Gasteiger partial charge < -0.3 is 10.6 Å².